The zero-order valence-corrected chi connectivity index (χ0v) is 15.4. The van der Waals surface area contributed by atoms with Crippen LogP contribution in [-0.2, 0) is 14.3 Å². The number of esters is 1. The normalized spacial score (nSPS) is 11.4. The van der Waals surface area contributed by atoms with Crippen molar-refractivity contribution in [3.05, 3.63) is 53.6 Å². The van der Waals surface area contributed by atoms with Crippen LogP contribution >= 0.6 is 0 Å². The van der Waals surface area contributed by atoms with E-state index in [2.05, 4.69) is 5.32 Å². The van der Waals surface area contributed by atoms with Crippen LogP contribution in [0.3, 0.4) is 0 Å². The third kappa shape index (κ3) is 5.24. The number of nitrogens with one attached hydrogen (secondary N) is 1. The summed E-state index contributed by atoms with van der Waals surface area (Å²) in [5.41, 5.74) is 2.72. The van der Waals surface area contributed by atoms with Gasteiger partial charge in [0.05, 0.1) is 12.8 Å². The third-order valence-corrected chi connectivity index (χ3v) is 3.88. The van der Waals surface area contributed by atoms with Crippen LogP contribution in [-0.4, -0.2) is 31.7 Å². The van der Waals surface area contributed by atoms with Crippen molar-refractivity contribution in [2.75, 3.05) is 19.0 Å². The average Bonchev–Trinajstić information content (AvgIpc) is 2.63. The minimum Gasteiger partial charge on any atom is -0.495 e. The summed E-state index contributed by atoms with van der Waals surface area (Å²) >= 11 is 0. The molecule has 0 aliphatic rings. The summed E-state index contributed by atoms with van der Waals surface area (Å²) in [4.78, 5) is 24.1. The fourth-order valence-corrected chi connectivity index (χ4v) is 2.21. The molecule has 0 aliphatic heterocycles. The molecular weight excluding hydrogens is 334 g/mol. The summed E-state index contributed by atoms with van der Waals surface area (Å²) in [5.74, 6) is 0.0357. The van der Waals surface area contributed by atoms with Gasteiger partial charge in [-0.1, -0.05) is 18.2 Å². The minimum absolute atomic E-state index is 0.269. The van der Waals surface area contributed by atoms with Gasteiger partial charge in [-0.15, -0.1) is 0 Å². The van der Waals surface area contributed by atoms with Crippen LogP contribution in [0.15, 0.2) is 42.5 Å². The van der Waals surface area contributed by atoms with Crippen molar-refractivity contribution in [3.8, 4) is 11.5 Å². The molecule has 6 nitrogen and oxygen atoms in total. The van der Waals surface area contributed by atoms with Gasteiger partial charge in [-0.05, 0) is 56.2 Å². The van der Waals surface area contributed by atoms with Gasteiger partial charge in [0.25, 0.3) is 5.91 Å². The van der Waals surface area contributed by atoms with Crippen LogP contribution in [0.5, 0.6) is 11.5 Å². The highest BCUT2D eigenvalue weighted by atomic mass is 16.6. The molecule has 26 heavy (non-hydrogen) atoms. The molecular formula is C20H23NO5. The number of hydrogen-bond donors (Lipinski definition) is 1. The van der Waals surface area contributed by atoms with Crippen molar-refractivity contribution in [1.82, 2.24) is 0 Å². The summed E-state index contributed by atoms with van der Waals surface area (Å²) in [6.45, 7) is 5.19. The SMILES string of the molecule is COc1ccccc1NC(=O)[C@H](C)OC(=O)COc1ccc(C)c(C)c1. The number of carbonyl (C=O) groups is 2. The Bertz CT molecular complexity index is 788. The number of rotatable bonds is 7. The second kappa shape index (κ2) is 8.89. The van der Waals surface area contributed by atoms with Gasteiger partial charge in [-0.2, -0.15) is 0 Å². The van der Waals surface area contributed by atoms with Gasteiger partial charge < -0.3 is 19.5 Å². The standard InChI is InChI=1S/C20H23NO5/c1-13-9-10-16(11-14(13)2)25-12-19(22)26-15(3)20(23)21-17-7-5-6-8-18(17)24-4/h5-11,15H,12H2,1-4H3,(H,21,23)/t15-/m0/s1. The number of ether oxygens (including phenoxy) is 3. The highest BCUT2D eigenvalue weighted by molar-refractivity contribution is 5.96. The molecule has 2 rings (SSSR count). The topological polar surface area (TPSA) is 73.9 Å². The Morgan fingerprint density at radius 2 is 1.81 bits per heavy atom. The molecule has 0 aromatic heterocycles. The molecule has 6 heteroatoms. The fourth-order valence-electron chi connectivity index (χ4n) is 2.21. The van der Waals surface area contributed by atoms with Gasteiger partial charge in [-0.3, -0.25) is 4.79 Å². The molecule has 0 radical (unpaired) electrons. The van der Waals surface area contributed by atoms with Crippen LogP contribution in [0.4, 0.5) is 5.69 Å². The molecule has 2 aromatic carbocycles. The summed E-state index contributed by atoms with van der Waals surface area (Å²) in [6.07, 6.45) is -0.962. The minimum atomic E-state index is -0.962. The first-order valence-electron chi connectivity index (χ1n) is 8.24. The van der Waals surface area contributed by atoms with E-state index in [1.54, 1.807) is 30.3 Å². The molecule has 1 N–H and O–H groups in total. The van der Waals surface area contributed by atoms with Crippen molar-refractivity contribution >= 4 is 17.6 Å². The molecule has 1 atom stereocenters. The molecule has 0 unspecified atom stereocenters. The second-order valence-electron chi connectivity index (χ2n) is 5.86. The zero-order chi connectivity index (χ0) is 19.1. The predicted molar refractivity (Wildman–Crippen MR) is 98.6 cm³/mol. The highest BCUT2D eigenvalue weighted by Crippen LogP contribution is 2.23. The smallest absolute Gasteiger partial charge is 0.344 e. The maximum atomic E-state index is 12.2. The maximum absolute atomic E-state index is 12.2. The second-order valence-corrected chi connectivity index (χ2v) is 5.86. The van der Waals surface area contributed by atoms with E-state index in [-0.39, 0.29) is 6.61 Å². The molecule has 2 aromatic rings. The number of aryl methyl sites for hydroxylation is 2. The first-order valence-corrected chi connectivity index (χ1v) is 8.24. The molecule has 0 saturated carbocycles. The van der Waals surface area contributed by atoms with E-state index in [4.69, 9.17) is 14.2 Å². The number of carbonyl (C=O) groups excluding carboxylic acids is 2. The Kier molecular flexibility index (Phi) is 6.60. The fraction of sp³-hybridized carbons (Fsp3) is 0.300. The largest absolute Gasteiger partial charge is 0.495 e. The summed E-state index contributed by atoms with van der Waals surface area (Å²) in [5, 5.41) is 2.67. The lowest BCUT2D eigenvalue weighted by atomic mass is 10.1. The van der Waals surface area contributed by atoms with Crippen LogP contribution in [0.1, 0.15) is 18.1 Å². The maximum Gasteiger partial charge on any atom is 0.344 e. The zero-order valence-electron chi connectivity index (χ0n) is 15.4. The quantitative estimate of drug-likeness (QED) is 0.770. The molecule has 0 spiro atoms. The Hall–Kier alpha value is -3.02. The molecule has 0 fully saturated rings. The van der Waals surface area contributed by atoms with E-state index in [1.165, 1.54) is 14.0 Å². The van der Waals surface area contributed by atoms with E-state index in [0.29, 0.717) is 17.2 Å². The average molecular weight is 357 g/mol. The monoisotopic (exact) mass is 357 g/mol. The van der Waals surface area contributed by atoms with Gasteiger partial charge in [0.2, 0.25) is 0 Å². The molecule has 1 amide bonds. The Morgan fingerprint density at radius 1 is 1.08 bits per heavy atom. The first-order chi connectivity index (χ1) is 12.4. The molecule has 0 bridgehead atoms. The van der Waals surface area contributed by atoms with Crippen molar-refractivity contribution in [2.45, 2.75) is 26.9 Å². The van der Waals surface area contributed by atoms with E-state index in [0.717, 1.165) is 11.1 Å². The van der Waals surface area contributed by atoms with Crippen LogP contribution in [0, 0.1) is 13.8 Å². The number of para-hydroxylation sites is 2. The lowest BCUT2D eigenvalue weighted by Crippen LogP contribution is -2.31. The number of methoxy groups -OCH3 is 1. The third-order valence-electron chi connectivity index (χ3n) is 3.88. The number of hydrogen-bond acceptors (Lipinski definition) is 5. The summed E-state index contributed by atoms with van der Waals surface area (Å²) < 4.78 is 15.7. The number of anilines is 1. The van der Waals surface area contributed by atoms with Crippen molar-refractivity contribution in [2.24, 2.45) is 0 Å². The summed E-state index contributed by atoms with van der Waals surface area (Å²) in [6, 6.07) is 12.5. The van der Waals surface area contributed by atoms with Gasteiger partial charge in [0, 0.05) is 0 Å². The van der Waals surface area contributed by atoms with Gasteiger partial charge in [0.15, 0.2) is 12.7 Å². The predicted octanol–water partition coefficient (Wildman–Crippen LogP) is 3.26. The van der Waals surface area contributed by atoms with Crippen LogP contribution in [0.2, 0.25) is 0 Å². The first kappa shape index (κ1) is 19.3. The van der Waals surface area contributed by atoms with Gasteiger partial charge in [0.1, 0.15) is 11.5 Å². The number of amides is 1. The van der Waals surface area contributed by atoms with E-state index in [9.17, 15) is 9.59 Å². The molecule has 0 saturated heterocycles. The van der Waals surface area contributed by atoms with Crippen molar-refractivity contribution < 1.29 is 23.8 Å². The molecule has 0 heterocycles. The van der Waals surface area contributed by atoms with Gasteiger partial charge in [-0.25, -0.2) is 4.79 Å². The van der Waals surface area contributed by atoms with E-state index < -0.39 is 18.0 Å². The molecule has 0 aliphatic carbocycles. The Morgan fingerprint density at radius 3 is 2.50 bits per heavy atom. The Balaban J connectivity index is 1.85. The lowest BCUT2D eigenvalue weighted by Gasteiger charge is -2.15. The van der Waals surface area contributed by atoms with E-state index in [1.807, 2.05) is 26.0 Å². The molecule has 138 valence electrons. The van der Waals surface area contributed by atoms with Crippen LogP contribution < -0.4 is 14.8 Å². The lowest BCUT2D eigenvalue weighted by molar-refractivity contribution is -0.155. The Labute approximate surface area is 153 Å². The summed E-state index contributed by atoms with van der Waals surface area (Å²) in [7, 11) is 1.51. The number of benzene rings is 2. The van der Waals surface area contributed by atoms with Crippen LogP contribution in [0.25, 0.3) is 0 Å². The van der Waals surface area contributed by atoms with Gasteiger partial charge >= 0.3 is 5.97 Å². The van der Waals surface area contributed by atoms with Crippen molar-refractivity contribution in [1.29, 1.82) is 0 Å². The van der Waals surface area contributed by atoms with E-state index >= 15 is 0 Å². The highest BCUT2D eigenvalue weighted by Gasteiger charge is 2.19. The van der Waals surface area contributed by atoms with Crippen molar-refractivity contribution in [3.63, 3.8) is 0 Å².